The Balaban J connectivity index is 1.72. The zero-order chi connectivity index (χ0) is 16.4. The predicted octanol–water partition coefficient (Wildman–Crippen LogP) is 0.400. The van der Waals surface area contributed by atoms with Crippen molar-refractivity contribution in [3.05, 3.63) is 46.5 Å². The van der Waals surface area contributed by atoms with E-state index in [4.69, 9.17) is 4.74 Å². The number of anilines is 1. The minimum absolute atomic E-state index is 0.120. The summed E-state index contributed by atoms with van der Waals surface area (Å²) in [4.78, 5) is 36.5. The van der Waals surface area contributed by atoms with E-state index < -0.39 is 40.3 Å². The Bertz CT molecular complexity index is 758. The zero-order valence-corrected chi connectivity index (χ0v) is 11.8. The Hall–Kier alpha value is -2.58. The van der Waals surface area contributed by atoms with Crippen LogP contribution in [0.3, 0.4) is 0 Å². The molecule has 4 atom stereocenters. The molecule has 2 fully saturated rings. The van der Waals surface area contributed by atoms with Crippen LogP contribution in [0.5, 0.6) is 0 Å². The number of imide groups is 1. The van der Waals surface area contributed by atoms with Gasteiger partial charge in [0, 0.05) is 12.1 Å². The summed E-state index contributed by atoms with van der Waals surface area (Å²) in [5, 5.41) is 20.3. The van der Waals surface area contributed by atoms with Gasteiger partial charge in [-0.1, -0.05) is 12.2 Å². The lowest BCUT2D eigenvalue weighted by molar-refractivity contribution is -0.384. The molecule has 3 aliphatic heterocycles. The van der Waals surface area contributed by atoms with Crippen molar-refractivity contribution in [2.75, 3.05) is 11.5 Å². The van der Waals surface area contributed by atoms with E-state index >= 15 is 0 Å². The number of nitrogens with zero attached hydrogens (tertiary/aromatic N) is 2. The van der Waals surface area contributed by atoms with Crippen LogP contribution in [-0.4, -0.2) is 40.2 Å². The van der Waals surface area contributed by atoms with Crippen molar-refractivity contribution < 1.29 is 24.4 Å². The summed E-state index contributed by atoms with van der Waals surface area (Å²) in [6.07, 6.45) is 2.82. The number of fused-ring (bicyclic) bond motifs is 5. The number of benzene rings is 1. The predicted molar refractivity (Wildman–Crippen MR) is 76.4 cm³/mol. The van der Waals surface area contributed by atoms with Gasteiger partial charge < -0.3 is 9.84 Å². The van der Waals surface area contributed by atoms with Gasteiger partial charge in [-0.25, -0.2) is 4.90 Å². The summed E-state index contributed by atoms with van der Waals surface area (Å²) in [5.74, 6) is -2.27. The Kier molecular flexibility index (Phi) is 2.72. The van der Waals surface area contributed by atoms with E-state index in [0.29, 0.717) is 0 Å². The molecule has 1 aromatic carbocycles. The van der Waals surface area contributed by atoms with E-state index in [-0.39, 0.29) is 18.0 Å². The van der Waals surface area contributed by atoms with Crippen molar-refractivity contribution in [3.63, 3.8) is 0 Å². The van der Waals surface area contributed by atoms with Gasteiger partial charge in [0.2, 0.25) is 11.8 Å². The highest BCUT2D eigenvalue weighted by atomic mass is 16.6. The van der Waals surface area contributed by atoms with Crippen LogP contribution in [0.15, 0.2) is 36.4 Å². The highest BCUT2D eigenvalue weighted by Crippen LogP contribution is 2.52. The third-order valence-corrected chi connectivity index (χ3v) is 4.72. The summed E-state index contributed by atoms with van der Waals surface area (Å²) in [6, 6.07) is 5.23. The average molecular weight is 316 g/mol. The average Bonchev–Trinajstić information content (AvgIpc) is 3.19. The largest absolute Gasteiger partial charge is 0.393 e. The summed E-state index contributed by atoms with van der Waals surface area (Å²) in [7, 11) is 0. The first-order valence-electron chi connectivity index (χ1n) is 7.09. The number of non-ortho nitro benzene ring substituents is 1. The first kappa shape index (κ1) is 14.0. The van der Waals surface area contributed by atoms with Crippen molar-refractivity contribution in [2.24, 2.45) is 11.8 Å². The number of aliphatic hydroxyl groups is 1. The maximum Gasteiger partial charge on any atom is 0.269 e. The number of carbonyl (C=O) groups excluding carboxylic acids is 2. The minimum Gasteiger partial charge on any atom is -0.393 e. The Labute approximate surface area is 130 Å². The van der Waals surface area contributed by atoms with Gasteiger partial charge in [0.25, 0.3) is 5.69 Å². The van der Waals surface area contributed by atoms with Gasteiger partial charge in [0.15, 0.2) is 0 Å². The molecule has 0 radical (unpaired) electrons. The molecule has 0 saturated carbocycles. The third-order valence-electron chi connectivity index (χ3n) is 4.72. The number of carbonyl (C=O) groups is 2. The van der Waals surface area contributed by atoms with Crippen molar-refractivity contribution in [1.29, 1.82) is 0 Å². The van der Waals surface area contributed by atoms with E-state index in [0.717, 1.165) is 4.90 Å². The molecule has 8 heteroatoms. The standard InChI is InChI=1S/C15H12N2O6/c18-7-15-6-5-10(23-15)11-12(15)14(20)16(13(11)19)8-1-3-9(4-2-8)17(21)22/h1-6,10-12,18H,7H2/t10-,11+,12-,15+/m1/s1. The van der Waals surface area contributed by atoms with Crippen LogP contribution in [-0.2, 0) is 14.3 Å². The van der Waals surface area contributed by atoms with Crippen molar-refractivity contribution in [1.82, 2.24) is 0 Å². The molecule has 4 rings (SSSR count). The fourth-order valence-corrected chi connectivity index (χ4v) is 3.66. The van der Waals surface area contributed by atoms with E-state index in [9.17, 15) is 24.8 Å². The van der Waals surface area contributed by atoms with Gasteiger partial charge in [0.1, 0.15) is 5.60 Å². The number of hydrogen-bond acceptors (Lipinski definition) is 6. The van der Waals surface area contributed by atoms with E-state index in [1.54, 1.807) is 12.2 Å². The Morgan fingerprint density at radius 3 is 2.57 bits per heavy atom. The molecule has 0 aliphatic carbocycles. The highest BCUT2D eigenvalue weighted by molar-refractivity contribution is 6.23. The molecule has 2 saturated heterocycles. The van der Waals surface area contributed by atoms with Crippen LogP contribution in [0.4, 0.5) is 11.4 Å². The lowest BCUT2D eigenvalue weighted by Gasteiger charge is -2.26. The molecule has 2 amide bonds. The molecular formula is C15H12N2O6. The van der Waals surface area contributed by atoms with E-state index in [2.05, 4.69) is 0 Å². The number of nitro groups is 1. The highest BCUT2D eigenvalue weighted by Gasteiger charge is 2.67. The van der Waals surface area contributed by atoms with Crippen LogP contribution in [0, 0.1) is 22.0 Å². The molecule has 1 N–H and O–H groups in total. The molecule has 23 heavy (non-hydrogen) atoms. The Morgan fingerprint density at radius 2 is 1.96 bits per heavy atom. The lowest BCUT2D eigenvalue weighted by atomic mass is 9.77. The number of hydrogen-bond donors (Lipinski definition) is 1. The van der Waals surface area contributed by atoms with Crippen molar-refractivity contribution >= 4 is 23.2 Å². The SMILES string of the molecule is O=C1[C@H]2[C@H]3C=C[C@@](CO)(O3)[C@H]2C(=O)N1c1ccc([N+](=O)[O-])cc1. The maximum absolute atomic E-state index is 12.7. The number of rotatable bonds is 3. The molecule has 0 unspecified atom stereocenters. The maximum atomic E-state index is 12.7. The van der Waals surface area contributed by atoms with Gasteiger partial charge in [-0.05, 0) is 12.1 Å². The summed E-state index contributed by atoms with van der Waals surface area (Å²) >= 11 is 0. The van der Waals surface area contributed by atoms with Gasteiger partial charge >= 0.3 is 0 Å². The minimum atomic E-state index is -1.14. The van der Waals surface area contributed by atoms with E-state index in [1.165, 1.54) is 24.3 Å². The smallest absolute Gasteiger partial charge is 0.269 e. The lowest BCUT2D eigenvalue weighted by Crippen LogP contribution is -2.43. The molecule has 118 valence electrons. The summed E-state index contributed by atoms with van der Waals surface area (Å²) < 4.78 is 5.63. The second kappa shape index (κ2) is 4.46. The second-order valence-electron chi connectivity index (χ2n) is 5.84. The molecule has 3 heterocycles. The first-order valence-corrected chi connectivity index (χ1v) is 7.09. The number of nitro benzene ring substituents is 1. The van der Waals surface area contributed by atoms with Crippen LogP contribution in [0.1, 0.15) is 0 Å². The molecule has 0 aromatic heterocycles. The first-order chi connectivity index (χ1) is 11.0. The van der Waals surface area contributed by atoms with Crippen LogP contribution in [0.25, 0.3) is 0 Å². The van der Waals surface area contributed by atoms with Gasteiger partial charge in [-0.15, -0.1) is 0 Å². The number of amides is 2. The molecule has 2 bridgehead atoms. The Morgan fingerprint density at radius 1 is 1.26 bits per heavy atom. The van der Waals surface area contributed by atoms with Gasteiger partial charge in [0.05, 0.1) is 35.2 Å². The molecule has 1 aromatic rings. The van der Waals surface area contributed by atoms with Crippen LogP contribution < -0.4 is 4.90 Å². The van der Waals surface area contributed by atoms with Gasteiger partial charge in [-0.3, -0.25) is 19.7 Å². The molecule has 3 aliphatic rings. The fourth-order valence-electron chi connectivity index (χ4n) is 3.66. The quantitative estimate of drug-likeness (QED) is 0.374. The third kappa shape index (κ3) is 1.67. The van der Waals surface area contributed by atoms with E-state index in [1.807, 2.05) is 0 Å². The normalized spacial score (nSPS) is 34.3. The van der Waals surface area contributed by atoms with Crippen molar-refractivity contribution in [3.8, 4) is 0 Å². The van der Waals surface area contributed by atoms with Gasteiger partial charge in [-0.2, -0.15) is 0 Å². The summed E-state index contributed by atoms with van der Waals surface area (Å²) in [6.45, 7) is -0.381. The van der Waals surface area contributed by atoms with Crippen LogP contribution >= 0.6 is 0 Å². The zero-order valence-electron chi connectivity index (χ0n) is 11.8. The second-order valence-corrected chi connectivity index (χ2v) is 5.84. The molecular weight excluding hydrogens is 304 g/mol. The topological polar surface area (TPSA) is 110 Å². The molecule has 8 nitrogen and oxygen atoms in total. The number of ether oxygens (including phenoxy) is 1. The number of aliphatic hydroxyl groups excluding tert-OH is 1. The monoisotopic (exact) mass is 316 g/mol. The molecule has 0 spiro atoms. The summed E-state index contributed by atoms with van der Waals surface area (Å²) in [5.41, 5.74) is -0.977. The van der Waals surface area contributed by atoms with Crippen LogP contribution in [0.2, 0.25) is 0 Å². The fraction of sp³-hybridized carbons (Fsp3) is 0.333. The van der Waals surface area contributed by atoms with Crippen molar-refractivity contribution in [2.45, 2.75) is 11.7 Å².